The minimum absolute atomic E-state index is 0.0321. The van der Waals surface area contributed by atoms with Crippen molar-refractivity contribution in [3.05, 3.63) is 0 Å². The molecule has 0 aliphatic heterocycles. The summed E-state index contributed by atoms with van der Waals surface area (Å²) >= 11 is 0. The van der Waals surface area contributed by atoms with Gasteiger partial charge < -0.3 is 9.84 Å². The number of aliphatic hydroxyl groups is 1. The molecule has 1 aliphatic carbocycles. The van der Waals surface area contributed by atoms with Gasteiger partial charge in [0.15, 0.2) is 0 Å². The van der Waals surface area contributed by atoms with Gasteiger partial charge in [-0.3, -0.25) is 0 Å². The Kier molecular flexibility index (Phi) is 5.40. The standard InChI is InChI=1S/C11H22O2/c1-2-13-9-5-7-10-6-3-4-8-11(10)12/h10-12H,2-9H2,1H3. The molecule has 2 heteroatoms. The number of hydrogen-bond acceptors (Lipinski definition) is 2. The van der Waals surface area contributed by atoms with Crippen molar-refractivity contribution in [1.29, 1.82) is 0 Å². The van der Waals surface area contributed by atoms with E-state index in [0.717, 1.165) is 32.5 Å². The van der Waals surface area contributed by atoms with E-state index in [-0.39, 0.29) is 6.10 Å². The zero-order valence-corrected chi connectivity index (χ0v) is 8.67. The summed E-state index contributed by atoms with van der Waals surface area (Å²) in [5.74, 6) is 0.550. The average Bonchev–Trinajstić information content (AvgIpc) is 2.15. The highest BCUT2D eigenvalue weighted by atomic mass is 16.5. The van der Waals surface area contributed by atoms with Crippen LogP contribution in [0.1, 0.15) is 45.4 Å². The van der Waals surface area contributed by atoms with E-state index in [0.29, 0.717) is 5.92 Å². The molecule has 2 nitrogen and oxygen atoms in total. The van der Waals surface area contributed by atoms with E-state index >= 15 is 0 Å². The van der Waals surface area contributed by atoms with Crippen molar-refractivity contribution in [3.63, 3.8) is 0 Å². The fourth-order valence-electron chi connectivity index (χ4n) is 2.12. The lowest BCUT2D eigenvalue weighted by Gasteiger charge is -2.27. The summed E-state index contributed by atoms with van der Waals surface area (Å²) in [5.41, 5.74) is 0. The van der Waals surface area contributed by atoms with Gasteiger partial charge in [-0.05, 0) is 38.5 Å². The average molecular weight is 186 g/mol. The Balaban J connectivity index is 2.05. The molecule has 0 aromatic rings. The van der Waals surface area contributed by atoms with Gasteiger partial charge >= 0.3 is 0 Å². The van der Waals surface area contributed by atoms with Crippen LogP contribution in [0.4, 0.5) is 0 Å². The fourth-order valence-corrected chi connectivity index (χ4v) is 2.12. The maximum absolute atomic E-state index is 9.68. The Labute approximate surface area is 81.3 Å². The first-order valence-corrected chi connectivity index (χ1v) is 5.60. The van der Waals surface area contributed by atoms with Crippen LogP contribution in [0.2, 0.25) is 0 Å². The lowest BCUT2D eigenvalue weighted by atomic mass is 9.84. The van der Waals surface area contributed by atoms with Gasteiger partial charge in [0.2, 0.25) is 0 Å². The lowest BCUT2D eigenvalue weighted by Crippen LogP contribution is -2.24. The summed E-state index contributed by atoms with van der Waals surface area (Å²) in [4.78, 5) is 0. The normalized spacial score (nSPS) is 29.1. The molecule has 0 bridgehead atoms. The molecule has 1 saturated carbocycles. The molecule has 1 N–H and O–H groups in total. The zero-order chi connectivity index (χ0) is 9.52. The lowest BCUT2D eigenvalue weighted by molar-refractivity contribution is 0.0567. The Morgan fingerprint density at radius 1 is 1.31 bits per heavy atom. The molecule has 13 heavy (non-hydrogen) atoms. The molecule has 1 rings (SSSR count). The molecule has 1 fully saturated rings. The molecule has 1 aliphatic rings. The quantitative estimate of drug-likeness (QED) is 0.668. The number of ether oxygens (including phenoxy) is 1. The monoisotopic (exact) mass is 186 g/mol. The van der Waals surface area contributed by atoms with Crippen LogP contribution in [0.5, 0.6) is 0 Å². The minimum atomic E-state index is -0.0321. The van der Waals surface area contributed by atoms with Crippen molar-refractivity contribution in [3.8, 4) is 0 Å². The van der Waals surface area contributed by atoms with E-state index in [1.807, 2.05) is 6.92 Å². The van der Waals surface area contributed by atoms with E-state index in [4.69, 9.17) is 4.74 Å². The molecule has 78 valence electrons. The molecule has 0 saturated heterocycles. The predicted molar refractivity (Wildman–Crippen MR) is 53.7 cm³/mol. The maximum Gasteiger partial charge on any atom is 0.0568 e. The van der Waals surface area contributed by atoms with Crippen LogP contribution < -0.4 is 0 Å². The van der Waals surface area contributed by atoms with Gasteiger partial charge in [-0.15, -0.1) is 0 Å². The first-order valence-electron chi connectivity index (χ1n) is 5.60. The van der Waals surface area contributed by atoms with Crippen molar-refractivity contribution >= 4 is 0 Å². The topological polar surface area (TPSA) is 29.5 Å². The first kappa shape index (κ1) is 11.0. The van der Waals surface area contributed by atoms with Gasteiger partial charge in [-0.1, -0.05) is 12.8 Å². The van der Waals surface area contributed by atoms with E-state index in [1.165, 1.54) is 19.3 Å². The highest BCUT2D eigenvalue weighted by Crippen LogP contribution is 2.27. The van der Waals surface area contributed by atoms with Crippen LogP contribution in [-0.4, -0.2) is 24.4 Å². The minimum Gasteiger partial charge on any atom is -0.393 e. The molecule has 0 heterocycles. The van der Waals surface area contributed by atoms with E-state index in [2.05, 4.69) is 0 Å². The van der Waals surface area contributed by atoms with E-state index in [9.17, 15) is 5.11 Å². The SMILES string of the molecule is CCOCCCC1CCCCC1O. The van der Waals surface area contributed by atoms with Gasteiger partial charge in [-0.2, -0.15) is 0 Å². The highest BCUT2D eigenvalue weighted by Gasteiger charge is 2.21. The summed E-state index contributed by atoms with van der Waals surface area (Å²) in [6.07, 6.45) is 6.96. The second-order valence-corrected chi connectivity index (χ2v) is 3.95. The number of aliphatic hydroxyl groups excluding tert-OH is 1. The van der Waals surface area contributed by atoms with Crippen LogP contribution >= 0.6 is 0 Å². The van der Waals surface area contributed by atoms with Crippen LogP contribution in [0.25, 0.3) is 0 Å². The summed E-state index contributed by atoms with van der Waals surface area (Å²) < 4.78 is 5.28. The van der Waals surface area contributed by atoms with Crippen LogP contribution in [0.15, 0.2) is 0 Å². The summed E-state index contributed by atoms with van der Waals surface area (Å²) in [6, 6.07) is 0. The second-order valence-electron chi connectivity index (χ2n) is 3.95. The molecule has 0 aromatic carbocycles. The predicted octanol–water partition coefficient (Wildman–Crippen LogP) is 2.35. The van der Waals surface area contributed by atoms with Crippen molar-refractivity contribution < 1.29 is 9.84 Å². The molecule has 0 spiro atoms. The molecule has 0 aromatic heterocycles. The van der Waals surface area contributed by atoms with Gasteiger partial charge in [0.25, 0.3) is 0 Å². The Bertz CT molecular complexity index is 125. The third-order valence-corrected chi connectivity index (χ3v) is 2.94. The van der Waals surface area contributed by atoms with Gasteiger partial charge in [0, 0.05) is 13.2 Å². The van der Waals surface area contributed by atoms with Crippen molar-refractivity contribution in [2.24, 2.45) is 5.92 Å². The Morgan fingerprint density at radius 2 is 2.08 bits per heavy atom. The summed E-state index contributed by atoms with van der Waals surface area (Å²) in [6.45, 7) is 3.70. The third kappa shape index (κ3) is 4.10. The van der Waals surface area contributed by atoms with Gasteiger partial charge in [0.1, 0.15) is 0 Å². The smallest absolute Gasteiger partial charge is 0.0568 e. The van der Waals surface area contributed by atoms with Crippen LogP contribution in [0, 0.1) is 5.92 Å². The molecule has 2 unspecified atom stereocenters. The largest absolute Gasteiger partial charge is 0.393 e. The molecular formula is C11H22O2. The summed E-state index contributed by atoms with van der Waals surface area (Å²) in [5, 5.41) is 9.68. The third-order valence-electron chi connectivity index (χ3n) is 2.94. The molecule has 0 radical (unpaired) electrons. The maximum atomic E-state index is 9.68. The second kappa shape index (κ2) is 6.39. The van der Waals surface area contributed by atoms with Crippen molar-refractivity contribution in [1.82, 2.24) is 0 Å². The zero-order valence-electron chi connectivity index (χ0n) is 8.67. The number of rotatable bonds is 5. The molecule has 2 atom stereocenters. The first-order chi connectivity index (χ1) is 6.34. The Morgan fingerprint density at radius 3 is 2.77 bits per heavy atom. The Hall–Kier alpha value is -0.0800. The van der Waals surface area contributed by atoms with E-state index in [1.54, 1.807) is 0 Å². The van der Waals surface area contributed by atoms with Crippen molar-refractivity contribution in [2.75, 3.05) is 13.2 Å². The molecule has 0 amide bonds. The fraction of sp³-hybridized carbons (Fsp3) is 1.00. The van der Waals surface area contributed by atoms with Crippen LogP contribution in [-0.2, 0) is 4.74 Å². The van der Waals surface area contributed by atoms with Gasteiger partial charge in [-0.25, -0.2) is 0 Å². The van der Waals surface area contributed by atoms with E-state index < -0.39 is 0 Å². The number of hydrogen-bond donors (Lipinski definition) is 1. The molecular weight excluding hydrogens is 164 g/mol. The van der Waals surface area contributed by atoms with Gasteiger partial charge in [0.05, 0.1) is 6.10 Å². The van der Waals surface area contributed by atoms with Crippen molar-refractivity contribution in [2.45, 2.75) is 51.6 Å². The highest BCUT2D eigenvalue weighted by molar-refractivity contribution is 4.74. The van der Waals surface area contributed by atoms with Crippen LogP contribution in [0.3, 0.4) is 0 Å². The summed E-state index contributed by atoms with van der Waals surface area (Å²) in [7, 11) is 0.